The van der Waals surface area contributed by atoms with Crippen molar-refractivity contribution in [2.24, 2.45) is 0 Å². The van der Waals surface area contributed by atoms with Crippen molar-refractivity contribution < 1.29 is 22.7 Å². The minimum Gasteiger partial charge on any atom is -0.465 e. The van der Waals surface area contributed by atoms with Crippen LogP contribution in [0.4, 0.5) is 13.2 Å². The Balaban J connectivity index is 2.60. The monoisotopic (exact) mass is 280 g/mol. The Kier molecular flexibility index (Phi) is 3.79. The molecule has 2 aromatic rings. The zero-order chi connectivity index (χ0) is 14.8. The van der Waals surface area contributed by atoms with Crippen LogP contribution in [0.1, 0.15) is 15.9 Å². The Morgan fingerprint density at radius 2 is 1.65 bits per heavy atom. The molecule has 0 saturated heterocycles. The average Bonchev–Trinajstić information content (AvgIpc) is 2.46. The lowest BCUT2D eigenvalue weighted by Gasteiger charge is -2.11. The van der Waals surface area contributed by atoms with Crippen molar-refractivity contribution >= 4 is 5.97 Å². The van der Waals surface area contributed by atoms with E-state index in [0.717, 1.165) is 19.2 Å². The number of carbonyl (C=O) groups excluding carboxylic acids is 1. The highest BCUT2D eigenvalue weighted by Gasteiger charge is 2.32. The summed E-state index contributed by atoms with van der Waals surface area (Å²) in [7, 11) is 1.13. The number of benzene rings is 2. The molecule has 2 rings (SSSR count). The molecule has 104 valence electrons. The first kappa shape index (κ1) is 14.1. The van der Waals surface area contributed by atoms with E-state index < -0.39 is 17.7 Å². The van der Waals surface area contributed by atoms with Crippen LogP contribution in [0.15, 0.2) is 48.5 Å². The standard InChI is InChI=1S/C15H11F3O2/c1-20-14(19)12-7-11(10-5-3-2-4-6-10)8-13(9-12)15(16,17)18/h2-9H,1H3. The number of hydrogen-bond acceptors (Lipinski definition) is 2. The second-order valence-corrected chi connectivity index (χ2v) is 4.15. The van der Waals surface area contributed by atoms with Crippen molar-refractivity contribution in [3.05, 3.63) is 59.7 Å². The molecule has 5 heteroatoms. The van der Waals surface area contributed by atoms with E-state index >= 15 is 0 Å². The molecule has 0 aliphatic rings. The van der Waals surface area contributed by atoms with Gasteiger partial charge in [0.25, 0.3) is 0 Å². The minimum atomic E-state index is -4.52. The maximum Gasteiger partial charge on any atom is 0.416 e. The SMILES string of the molecule is COC(=O)c1cc(-c2ccccc2)cc(C(F)(F)F)c1. The second-order valence-electron chi connectivity index (χ2n) is 4.15. The quantitative estimate of drug-likeness (QED) is 0.772. The first-order valence-electron chi connectivity index (χ1n) is 5.78. The van der Waals surface area contributed by atoms with Gasteiger partial charge >= 0.3 is 12.1 Å². The Bertz CT molecular complexity index is 619. The van der Waals surface area contributed by atoms with Gasteiger partial charge in [-0.2, -0.15) is 13.2 Å². The number of halogens is 3. The Morgan fingerprint density at radius 3 is 2.20 bits per heavy atom. The van der Waals surface area contributed by atoms with E-state index in [1.54, 1.807) is 30.3 Å². The van der Waals surface area contributed by atoms with E-state index in [9.17, 15) is 18.0 Å². The number of hydrogen-bond donors (Lipinski definition) is 0. The Morgan fingerprint density at radius 1 is 1.00 bits per heavy atom. The molecule has 0 amide bonds. The van der Waals surface area contributed by atoms with Gasteiger partial charge in [0, 0.05) is 0 Å². The van der Waals surface area contributed by atoms with E-state index in [-0.39, 0.29) is 5.56 Å². The zero-order valence-corrected chi connectivity index (χ0v) is 10.6. The third kappa shape index (κ3) is 2.99. The van der Waals surface area contributed by atoms with Gasteiger partial charge in [-0.1, -0.05) is 30.3 Å². The maximum atomic E-state index is 12.9. The van der Waals surface area contributed by atoms with Crippen molar-refractivity contribution in [2.75, 3.05) is 7.11 Å². The number of rotatable bonds is 2. The van der Waals surface area contributed by atoms with Gasteiger partial charge in [0.05, 0.1) is 18.2 Å². The van der Waals surface area contributed by atoms with Crippen LogP contribution in [0.2, 0.25) is 0 Å². The molecule has 0 atom stereocenters. The number of carbonyl (C=O) groups is 1. The Labute approximate surface area is 113 Å². The summed E-state index contributed by atoms with van der Waals surface area (Å²) in [5, 5.41) is 0. The molecule has 0 spiro atoms. The number of alkyl halides is 3. The lowest BCUT2D eigenvalue weighted by molar-refractivity contribution is -0.137. The molecule has 0 radical (unpaired) electrons. The average molecular weight is 280 g/mol. The molecular weight excluding hydrogens is 269 g/mol. The van der Waals surface area contributed by atoms with Crippen LogP contribution in [-0.2, 0) is 10.9 Å². The highest BCUT2D eigenvalue weighted by Crippen LogP contribution is 2.33. The molecule has 0 aliphatic heterocycles. The summed E-state index contributed by atoms with van der Waals surface area (Å²) in [5.74, 6) is -0.798. The van der Waals surface area contributed by atoms with E-state index in [2.05, 4.69) is 4.74 Å². The lowest BCUT2D eigenvalue weighted by Crippen LogP contribution is -2.09. The highest BCUT2D eigenvalue weighted by molar-refractivity contribution is 5.91. The molecule has 0 N–H and O–H groups in total. The predicted molar refractivity (Wildman–Crippen MR) is 68.2 cm³/mol. The second kappa shape index (κ2) is 5.36. The van der Waals surface area contributed by atoms with Gasteiger partial charge < -0.3 is 4.74 Å². The van der Waals surface area contributed by atoms with Crippen LogP contribution in [0.5, 0.6) is 0 Å². The van der Waals surface area contributed by atoms with Crippen molar-refractivity contribution in [3.63, 3.8) is 0 Å². The fourth-order valence-electron chi connectivity index (χ4n) is 1.82. The van der Waals surface area contributed by atoms with E-state index in [1.165, 1.54) is 6.07 Å². The van der Waals surface area contributed by atoms with Crippen molar-refractivity contribution in [1.29, 1.82) is 0 Å². The predicted octanol–water partition coefficient (Wildman–Crippen LogP) is 4.16. The zero-order valence-electron chi connectivity index (χ0n) is 10.6. The van der Waals surface area contributed by atoms with Gasteiger partial charge in [-0.3, -0.25) is 0 Å². The molecule has 0 unspecified atom stereocenters. The molecule has 0 bridgehead atoms. The van der Waals surface area contributed by atoms with Gasteiger partial charge in [-0.15, -0.1) is 0 Å². The van der Waals surface area contributed by atoms with E-state index in [1.807, 2.05) is 0 Å². The van der Waals surface area contributed by atoms with E-state index in [4.69, 9.17) is 0 Å². The topological polar surface area (TPSA) is 26.3 Å². The number of ether oxygens (including phenoxy) is 1. The molecule has 0 saturated carbocycles. The highest BCUT2D eigenvalue weighted by atomic mass is 19.4. The third-order valence-electron chi connectivity index (χ3n) is 2.79. The van der Waals surface area contributed by atoms with Crippen LogP contribution in [0.3, 0.4) is 0 Å². The molecule has 2 nitrogen and oxygen atoms in total. The first-order chi connectivity index (χ1) is 9.41. The van der Waals surface area contributed by atoms with Gasteiger partial charge in [0.1, 0.15) is 0 Å². The summed E-state index contributed by atoms with van der Waals surface area (Å²) in [6, 6.07) is 11.7. The van der Waals surface area contributed by atoms with Crippen LogP contribution >= 0.6 is 0 Å². The third-order valence-corrected chi connectivity index (χ3v) is 2.79. The molecule has 2 aromatic carbocycles. The number of esters is 1. The molecule has 20 heavy (non-hydrogen) atoms. The van der Waals surface area contributed by atoms with E-state index in [0.29, 0.717) is 11.1 Å². The van der Waals surface area contributed by atoms with Gasteiger partial charge in [-0.25, -0.2) is 4.79 Å². The first-order valence-corrected chi connectivity index (χ1v) is 5.78. The van der Waals surface area contributed by atoms with Gasteiger partial charge in [0.15, 0.2) is 0 Å². The summed E-state index contributed by atoms with van der Waals surface area (Å²) in [4.78, 5) is 11.5. The van der Waals surface area contributed by atoms with Gasteiger partial charge in [-0.05, 0) is 29.3 Å². The fraction of sp³-hybridized carbons (Fsp3) is 0.133. The van der Waals surface area contributed by atoms with Crippen LogP contribution in [0, 0.1) is 0 Å². The van der Waals surface area contributed by atoms with Crippen LogP contribution < -0.4 is 0 Å². The van der Waals surface area contributed by atoms with Crippen molar-refractivity contribution in [1.82, 2.24) is 0 Å². The minimum absolute atomic E-state index is 0.124. The molecule has 0 fully saturated rings. The summed E-state index contributed by atoms with van der Waals surface area (Å²) in [6.45, 7) is 0. The molecule has 0 heterocycles. The van der Waals surface area contributed by atoms with Crippen molar-refractivity contribution in [3.8, 4) is 11.1 Å². The molecule has 0 aromatic heterocycles. The smallest absolute Gasteiger partial charge is 0.416 e. The van der Waals surface area contributed by atoms with Crippen LogP contribution in [-0.4, -0.2) is 13.1 Å². The fourth-order valence-corrected chi connectivity index (χ4v) is 1.82. The summed E-state index contributed by atoms with van der Waals surface area (Å²) in [5.41, 5.74) is -0.0787. The number of methoxy groups -OCH3 is 1. The van der Waals surface area contributed by atoms with Gasteiger partial charge in [0.2, 0.25) is 0 Å². The normalized spacial score (nSPS) is 11.2. The summed E-state index contributed by atoms with van der Waals surface area (Å²) < 4.78 is 43.1. The largest absolute Gasteiger partial charge is 0.465 e. The van der Waals surface area contributed by atoms with Crippen molar-refractivity contribution in [2.45, 2.75) is 6.18 Å². The van der Waals surface area contributed by atoms with Crippen LogP contribution in [0.25, 0.3) is 11.1 Å². The Hall–Kier alpha value is -2.30. The lowest BCUT2D eigenvalue weighted by atomic mass is 9.99. The summed E-state index contributed by atoms with van der Waals surface area (Å²) in [6.07, 6.45) is -4.52. The maximum absolute atomic E-state index is 12.9. The molecular formula is C15H11F3O2. The summed E-state index contributed by atoms with van der Waals surface area (Å²) >= 11 is 0. The molecule has 0 aliphatic carbocycles.